The zero-order valence-electron chi connectivity index (χ0n) is 10.5. The number of aromatic carboxylic acids is 1. The van der Waals surface area contributed by atoms with E-state index in [9.17, 15) is 18.0 Å². The average molecular weight is 301 g/mol. The van der Waals surface area contributed by atoms with Gasteiger partial charge in [0.25, 0.3) is 0 Å². The van der Waals surface area contributed by atoms with Gasteiger partial charge in [-0.2, -0.15) is 0 Å². The number of benzene rings is 1. The summed E-state index contributed by atoms with van der Waals surface area (Å²) in [6, 6.07) is 5.11. The fourth-order valence-electron chi connectivity index (χ4n) is 1.35. The van der Waals surface area contributed by atoms with Gasteiger partial charge < -0.3 is 15.7 Å². The minimum atomic E-state index is -3.52. The van der Waals surface area contributed by atoms with Gasteiger partial charge in [-0.05, 0) is 30.7 Å². The van der Waals surface area contributed by atoms with E-state index in [0.29, 0.717) is 5.69 Å². The Kier molecular flexibility index (Phi) is 5.47. The van der Waals surface area contributed by atoms with Crippen molar-refractivity contribution in [2.45, 2.75) is 6.42 Å². The topological polar surface area (TPSA) is 139 Å². The molecular weight excluding hydrogens is 286 g/mol. The number of carboxylic acid groups (broad SMARTS) is 1. The number of urea groups is 1. The average Bonchev–Trinajstić information content (AvgIpc) is 2.34. The van der Waals surface area contributed by atoms with Gasteiger partial charge in [-0.1, -0.05) is 0 Å². The highest BCUT2D eigenvalue weighted by Crippen LogP contribution is 2.09. The Bertz CT molecular complexity index is 583. The lowest BCUT2D eigenvalue weighted by atomic mass is 10.2. The first-order valence-electron chi connectivity index (χ1n) is 5.66. The molecule has 0 bridgehead atoms. The maximum absolute atomic E-state index is 11.4. The Balaban J connectivity index is 2.37. The summed E-state index contributed by atoms with van der Waals surface area (Å²) >= 11 is 0. The molecule has 1 aromatic carbocycles. The fourth-order valence-corrected chi connectivity index (χ4v) is 1.89. The number of rotatable bonds is 6. The summed E-state index contributed by atoms with van der Waals surface area (Å²) in [7, 11) is -3.52. The lowest BCUT2D eigenvalue weighted by Crippen LogP contribution is -2.31. The molecule has 5 N–H and O–H groups in total. The van der Waals surface area contributed by atoms with Gasteiger partial charge in [-0.15, -0.1) is 0 Å². The second kappa shape index (κ2) is 6.87. The van der Waals surface area contributed by atoms with Crippen LogP contribution in [-0.4, -0.2) is 37.8 Å². The summed E-state index contributed by atoms with van der Waals surface area (Å²) in [5, 5.41) is 18.5. The highest BCUT2D eigenvalue weighted by atomic mass is 32.2. The molecule has 0 fully saturated rings. The van der Waals surface area contributed by atoms with E-state index in [1.807, 2.05) is 0 Å². The van der Waals surface area contributed by atoms with Crippen molar-refractivity contribution in [1.29, 1.82) is 0 Å². The van der Waals surface area contributed by atoms with Gasteiger partial charge in [0.05, 0.1) is 11.3 Å². The van der Waals surface area contributed by atoms with Crippen molar-refractivity contribution in [2.75, 3.05) is 17.6 Å². The number of hydrogen-bond donors (Lipinski definition) is 4. The summed E-state index contributed by atoms with van der Waals surface area (Å²) in [6.07, 6.45) is 0.213. The zero-order valence-corrected chi connectivity index (χ0v) is 11.3. The standard InChI is InChI=1S/C11H15N3O5S/c12-20(18,19)7-1-6-13-11(17)14-9-4-2-8(3-5-9)10(15)16/h2-5H,1,6-7H2,(H,15,16)(H2,12,18,19)(H2,13,14,17). The van der Waals surface area contributed by atoms with Gasteiger partial charge in [-0.25, -0.2) is 23.1 Å². The maximum atomic E-state index is 11.4. The normalized spacial score (nSPS) is 10.8. The van der Waals surface area contributed by atoms with Crippen LogP contribution < -0.4 is 15.8 Å². The number of hydrogen-bond acceptors (Lipinski definition) is 4. The minimum absolute atomic E-state index is 0.115. The Morgan fingerprint density at radius 2 is 1.80 bits per heavy atom. The molecule has 0 aliphatic heterocycles. The van der Waals surface area contributed by atoms with Crippen LogP contribution in [0.2, 0.25) is 0 Å². The third-order valence-corrected chi connectivity index (χ3v) is 3.14. The molecule has 1 rings (SSSR count). The second-order valence-electron chi connectivity index (χ2n) is 3.98. The summed E-state index contributed by atoms with van der Waals surface area (Å²) in [4.78, 5) is 22.1. The molecule has 0 saturated carbocycles. The molecule has 0 aromatic heterocycles. The maximum Gasteiger partial charge on any atom is 0.335 e. The first kappa shape index (κ1) is 15.9. The Hall–Kier alpha value is -2.13. The third-order valence-electron chi connectivity index (χ3n) is 2.28. The molecule has 0 aliphatic rings. The van der Waals surface area contributed by atoms with Crippen LogP contribution in [-0.2, 0) is 10.0 Å². The molecule has 0 saturated heterocycles. The number of carbonyl (C=O) groups excluding carboxylic acids is 1. The van der Waals surface area contributed by atoms with Crippen molar-refractivity contribution in [3.63, 3.8) is 0 Å². The van der Waals surface area contributed by atoms with Gasteiger partial charge in [0.1, 0.15) is 0 Å². The largest absolute Gasteiger partial charge is 0.478 e. The predicted molar refractivity (Wildman–Crippen MR) is 73.0 cm³/mol. The van der Waals surface area contributed by atoms with Crippen LogP contribution in [0.25, 0.3) is 0 Å². The third kappa shape index (κ3) is 6.16. The number of primary sulfonamides is 1. The van der Waals surface area contributed by atoms with E-state index in [4.69, 9.17) is 10.2 Å². The predicted octanol–water partition coefficient (Wildman–Crippen LogP) is 0.185. The van der Waals surface area contributed by atoms with E-state index in [1.54, 1.807) is 0 Å². The number of nitrogens with one attached hydrogen (secondary N) is 2. The summed E-state index contributed by atoms with van der Waals surface area (Å²) in [6.45, 7) is 0.162. The fraction of sp³-hybridized carbons (Fsp3) is 0.273. The monoisotopic (exact) mass is 301 g/mol. The summed E-state index contributed by atoms with van der Waals surface area (Å²) in [5.41, 5.74) is 0.544. The molecule has 0 unspecified atom stereocenters. The molecule has 8 nitrogen and oxygen atoms in total. The quantitative estimate of drug-likeness (QED) is 0.555. The van der Waals surface area contributed by atoms with E-state index >= 15 is 0 Å². The van der Waals surface area contributed by atoms with Crippen LogP contribution in [0.3, 0.4) is 0 Å². The van der Waals surface area contributed by atoms with Crippen molar-refractivity contribution >= 4 is 27.7 Å². The Labute approximate surface area is 116 Å². The van der Waals surface area contributed by atoms with Crippen molar-refractivity contribution < 1.29 is 23.1 Å². The first-order valence-corrected chi connectivity index (χ1v) is 7.38. The van der Waals surface area contributed by atoms with Gasteiger partial charge >= 0.3 is 12.0 Å². The van der Waals surface area contributed by atoms with E-state index < -0.39 is 22.0 Å². The van der Waals surface area contributed by atoms with Crippen LogP contribution in [0, 0.1) is 0 Å². The molecule has 0 radical (unpaired) electrons. The molecule has 20 heavy (non-hydrogen) atoms. The molecular formula is C11H15N3O5S. The van der Waals surface area contributed by atoms with E-state index in [2.05, 4.69) is 10.6 Å². The molecule has 2 amide bonds. The Morgan fingerprint density at radius 3 is 2.30 bits per heavy atom. The SMILES string of the molecule is NS(=O)(=O)CCCNC(=O)Nc1ccc(C(=O)O)cc1. The Morgan fingerprint density at radius 1 is 1.20 bits per heavy atom. The van der Waals surface area contributed by atoms with Gasteiger partial charge in [0.15, 0.2) is 0 Å². The molecule has 110 valence electrons. The number of amides is 2. The second-order valence-corrected chi connectivity index (χ2v) is 5.72. The number of anilines is 1. The van der Waals surface area contributed by atoms with E-state index in [-0.39, 0.29) is 24.3 Å². The molecule has 9 heteroatoms. The molecule has 0 atom stereocenters. The molecule has 0 heterocycles. The van der Waals surface area contributed by atoms with Crippen LogP contribution in [0.15, 0.2) is 24.3 Å². The van der Waals surface area contributed by atoms with Gasteiger partial charge in [-0.3, -0.25) is 0 Å². The van der Waals surface area contributed by atoms with Crippen LogP contribution in [0.4, 0.5) is 10.5 Å². The minimum Gasteiger partial charge on any atom is -0.478 e. The summed E-state index contributed by atoms with van der Waals surface area (Å²) in [5.74, 6) is -1.26. The molecule has 0 aliphatic carbocycles. The summed E-state index contributed by atoms with van der Waals surface area (Å²) < 4.78 is 21.3. The number of sulfonamides is 1. The van der Waals surface area contributed by atoms with Crippen molar-refractivity contribution in [3.05, 3.63) is 29.8 Å². The number of carboxylic acids is 1. The highest BCUT2D eigenvalue weighted by Gasteiger charge is 2.05. The number of carbonyl (C=O) groups is 2. The van der Waals surface area contributed by atoms with Gasteiger partial charge in [0, 0.05) is 12.2 Å². The molecule has 0 spiro atoms. The van der Waals surface area contributed by atoms with Crippen LogP contribution >= 0.6 is 0 Å². The zero-order chi connectivity index (χ0) is 15.2. The van der Waals surface area contributed by atoms with Crippen molar-refractivity contribution in [2.24, 2.45) is 5.14 Å². The van der Waals surface area contributed by atoms with E-state index in [0.717, 1.165) is 0 Å². The van der Waals surface area contributed by atoms with E-state index in [1.165, 1.54) is 24.3 Å². The first-order chi connectivity index (χ1) is 9.28. The lowest BCUT2D eigenvalue weighted by Gasteiger charge is -2.07. The number of nitrogens with two attached hydrogens (primary N) is 1. The van der Waals surface area contributed by atoms with Crippen molar-refractivity contribution in [3.8, 4) is 0 Å². The van der Waals surface area contributed by atoms with Crippen LogP contribution in [0.1, 0.15) is 16.8 Å². The van der Waals surface area contributed by atoms with Crippen molar-refractivity contribution in [1.82, 2.24) is 5.32 Å². The lowest BCUT2D eigenvalue weighted by molar-refractivity contribution is 0.0697. The highest BCUT2D eigenvalue weighted by molar-refractivity contribution is 7.89. The molecule has 1 aromatic rings. The van der Waals surface area contributed by atoms with Crippen LogP contribution in [0.5, 0.6) is 0 Å². The van der Waals surface area contributed by atoms with Gasteiger partial charge in [0.2, 0.25) is 10.0 Å². The smallest absolute Gasteiger partial charge is 0.335 e.